The van der Waals surface area contributed by atoms with Crippen molar-refractivity contribution >= 4 is 5.91 Å². The Bertz CT molecular complexity index is 699. The van der Waals surface area contributed by atoms with E-state index in [1.54, 1.807) is 6.08 Å². The highest BCUT2D eigenvalue weighted by Gasteiger charge is 2.20. The monoisotopic (exact) mass is 708 g/mol. The van der Waals surface area contributed by atoms with Gasteiger partial charge >= 0.3 is 0 Å². The number of aliphatic hydroxyl groups is 3. The molecule has 5 heteroatoms. The van der Waals surface area contributed by atoms with Crippen LogP contribution in [0.5, 0.6) is 0 Å². The number of nitrogens with one attached hydrogen (secondary N) is 1. The highest BCUT2D eigenvalue weighted by Crippen LogP contribution is 2.16. The Kier molecular flexibility index (Phi) is 40.1. The maximum absolute atomic E-state index is 12.4. The average Bonchev–Trinajstić information content (AvgIpc) is 3.11. The third kappa shape index (κ3) is 36.9. The number of rotatable bonds is 41. The minimum absolute atomic E-state index is 0.0188. The molecule has 0 spiro atoms. The SMILES string of the molecule is CCCCCCCCCCCCCC/C=C/C(O)C(CO)NC(=O)CC(O)CCCCCCCCCCCCCCCCCCCCCCC. The smallest absolute Gasteiger partial charge is 0.222 e. The molecule has 0 aromatic rings. The van der Waals surface area contributed by atoms with Crippen LogP contribution >= 0.6 is 0 Å². The molecule has 3 atom stereocenters. The molecule has 1 amide bonds. The van der Waals surface area contributed by atoms with E-state index in [0.29, 0.717) is 6.42 Å². The van der Waals surface area contributed by atoms with Gasteiger partial charge in [0.2, 0.25) is 5.91 Å². The molecule has 0 saturated carbocycles. The van der Waals surface area contributed by atoms with Crippen LogP contribution in [0.3, 0.4) is 0 Å². The van der Waals surface area contributed by atoms with Gasteiger partial charge in [0.15, 0.2) is 0 Å². The number of unbranched alkanes of at least 4 members (excludes halogenated alkanes) is 32. The largest absolute Gasteiger partial charge is 0.394 e. The second kappa shape index (κ2) is 40.9. The van der Waals surface area contributed by atoms with Crippen LogP contribution in [0.15, 0.2) is 12.2 Å². The van der Waals surface area contributed by atoms with E-state index < -0.39 is 18.2 Å². The molecule has 0 aromatic heterocycles. The standard InChI is InChI=1S/C45H89NO4/c1-3-5-7-9-11-13-15-17-19-20-21-22-23-24-25-26-28-30-32-34-36-38-42(48)40-45(50)46-43(41-47)44(49)39-37-35-33-31-29-27-18-16-14-12-10-8-6-4-2/h37,39,42-44,47-49H,3-36,38,40-41H2,1-2H3,(H,46,50)/b39-37+. The summed E-state index contributed by atoms with van der Waals surface area (Å²) in [6.45, 7) is 4.23. The van der Waals surface area contributed by atoms with Gasteiger partial charge in [0, 0.05) is 0 Å². The Balaban J connectivity index is 3.60. The van der Waals surface area contributed by atoms with Gasteiger partial charge in [-0.15, -0.1) is 0 Å². The summed E-state index contributed by atoms with van der Waals surface area (Å²) in [5, 5.41) is 33.2. The van der Waals surface area contributed by atoms with Crippen molar-refractivity contribution in [3.05, 3.63) is 12.2 Å². The molecular formula is C45H89NO4. The van der Waals surface area contributed by atoms with E-state index in [1.807, 2.05) is 6.08 Å². The number of carbonyl (C=O) groups is 1. The molecule has 0 rings (SSSR count). The van der Waals surface area contributed by atoms with Crippen LogP contribution in [-0.4, -0.2) is 46.1 Å². The average molecular weight is 708 g/mol. The number of hydrogen-bond donors (Lipinski definition) is 4. The van der Waals surface area contributed by atoms with E-state index in [4.69, 9.17) is 0 Å². The third-order valence-electron chi connectivity index (χ3n) is 10.6. The van der Waals surface area contributed by atoms with Crippen LogP contribution in [0, 0.1) is 0 Å². The van der Waals surface area contributed by atoms with Crippen LogP contribution in [0.1, 0.15) is 245 Å². The lowest BCUT2D eigenvalue weighted by molar-refractivity contribution is -0.124. The number of carbonyl (C=O) groups excluding carboxylic acids is 1. The minimum atomic E-state index is -0.923. The second-order valence-corrected chi connectivity index (χ2v) is 15.7. The zero-order chi connectivity index (χ0) is 36.6. The molecular weight excluding hydrogens is 618 g/mol. The third-order valence-corrected chi connectivity index (χ3v) is 10.6. The summed E-state index contributed by atoms with van der Waals surface area (Å²) in [7, 11) is 0. The van der Waals surface area contributed by atoms with Crippen molar-refractivity contribution in [1.29, 1.82) is 0 Å². The maximum Gasteiger partial charge on any atom is 0.222 e. The first-order valence-corrected chi connectivity index (χ1v) is 22.5. The minimum Gasteiger partial charge on any atom is -0.394 e. The number of aliphatic hydroxyl groups excluding tert-OH is 3. The van der Waals surface area contributed by atoms with Gasteiger partial charge in [0.25, 0.3) is 0 Å². The highest BCUT2D eigenvalue weighted by molar-refractivity contribution is 5.76. The summed E-state index contributed by atoms with van der Waals surface area (Å²) in [6.07, 6.45) is 47.8. The normalized spacial score (nSPS) is 13.6. The van der Waals surface area contributed by atoms with E-state index in [9.17, 15) is 20.1 Å². The summed E-state index contributed by atoms with van der Waals surface area (Å²) >= 11 is 0. The zero-order valence-corrected chi connectivity index (χ0v) is 33.8. The molecule has 298 valence electrons. The fraction of sp³-hybridized carbons (Fsp3) is 0.933. The number of hydrogen-bond acceptors (Lipinski definition) is 4. The first-order chi connectivity index (χ1) is 24.5. The Hall–Kier alpha value is -0.910. The molecule has 0 bridgehead atoms. The van der Waals surface area contributed by atoms with Crippen molar-refractivity contribution in [1.82, 2.24) is 5.32 Å². The Labute approximate surface area is 312 Å². The van der Waals surface area contributed by atoms with Gasteiger partial charge in [0.05, 0.1) is 31.3 Å². The van der Waals surface area contributed by atoms with Crippen LogP contribution < -0.4 is 5.32 Å². The molecule has 0 aliphatic heterocycles. The van der Waals surface area contributed by atoms with Crippen molar-refractivity contribution in [2.45, 2.75) is 263 Å². The number of amides is 1. The Morgan fingerprint density at radius 1 is 0.500 bits per heavy atom. The molecule has 5 nitrogen and oxygen atoms in total. The van der Waals surface area contributed by atoms with Gasteiger partial charge in [-0.1, -0.05) is 231 Å². The van der Waals surface area contributed by atoms with Gasteiger partial charge in [-0.2, -0.15) is 0 Å². The maximum atomic E-state index is 12.4. The predicted molar refractivity (Wildman–Crippen MR) is 218 cm³/mol. The molecule has 0 heterocycles. The summed E-state index contributed by atoms with van der Waals surface area (Å²) in [5.74, 6) is -0.312. The zero-order valence-electron chi connectivity index (χ0n) is 33.8. The molecule has 0 aromatic carbocycles. The molecule has 0 aliphatic carbocycles. The first-order valence-electron chi connectivity index (χ1n) is 22.5. The Morgan fingerprint density at radius 3 is 1.16 bits per heavy atom. The molecule has 0 aliphatic rings. The van der Waals surface area contributed by atoms with Gasteiger partial charge in [0.1, 0.15) is 0 Å². The van der Waals surface area contributed by atoms with Crippen LogP contribution in [0.4, 0.5) is 0 Å². The van der Waals surface area contributed by atoms with Crippen molar-refractivity contribution in [3.63, 3.8) is 0 Å². The summed E-state index contributed by atoms with van der Waals surface area (Å²) in [5.41, 5.74) is 0. The number of allylic oxidation sites excluding steroid dienone is 1. The lowest BCUT2D eigenvalue weighted by atomic mass is 10.0. The van der Waals surface area contributed by atoms with Crippen molar-refractivity contribution < 1.29 is 20.1 Å². The fourth-order valence-corrected chi connectivity index (χ4v) is 7.11. The van der Waals surface area contributed by atoms with E-state index >= 15 is 0 Å². The van der Waals surface area contributed by atoms with Crippen LogP contribution in [0.25, 0.3) is 0 Å². The van der Waals surface area contributed by atoms with E-state index in [1.165, 1.54) is 193 Å². The molecule has 50 heavy (non-hydrogen) atoms. The lowest BCUT2D eigenvalue weighted by Crippen LogP contribution is -2.45. The molecule has 0 fully saturated rings. The van der Waals surface area contributed by atoms with Gasteiger partial charge < -0.3 is 20.6 Å². The fourth-order valence-electron chi connectivity index (χ4n) is 7.11. The van der Waals surface area contributed by atoms with Crippen molar-refractivity contribution in [2.75, 3.05) is 6.61 Å². The lowest BCUT2D eigenvalue weighted by Gasteiger charge is -2.21. The molecule has 4 N–H and O–H groups in total. The van der Waals surface area contributed by atoms with Crippen molar-refractivity contribution in [2.24, 2.45) is 0 Å². The van der Waals surface area contributed by atoms with Gasteiger partial charge in [-0.05, 0) is 19.3 Å². The summed E-state index contributed by atoms with van der Waals surface area (Å²) in [6, 6.07) is -0.738. The predicted octanol–water partition coefficient (Wildman–Crippen LogP) is 12.8. The molecule has 0 radical (unpaired) electrons. The highest BCUT2D eigenvalue weighted by atomic mass is 16.3. The first kappa shape index (κ1) is 49.1. The molecule has 0 saturated heterocycles. The molecule has 3 unspecified atom stereocenters. The quantitative estimate of drug-likeness (QED) is 0.0376. The second-order valence-electron chi connectivity index (χ2n) is 15.7. The Morgan fingerprint density at radius 2 is 0.820 bits per heavy atom. The van der Waals surface area contributed by atoms with Crippen molar-refractivity contribution in [3.8, 4) is 0 Å². The summed E-state index contributed by atoms with van der Waals surface area (Å²) < 4.78 is 0. The van der Waals surface area contributed by atoms with Crippen LogP contribution in [-0.2, 0) is 4.79 Å². The van der Waals surface area contributed by atoms with E-state index in [-0.39, 0.29) is 18.9 Å². The van der Waals surface area contributed by atoms with E-state index in [0.717, 1.165) is 25.7 Å². The summed E-state index contributed by atoms with van der Waals surface area (Å²) in [4.78, 5) is 12.4. The van der Waals surface area contributed by atoms with E-state index in [2.05, 4.69) is 19.2 Å². The van der Waals surface area contributed by atoms with Gasteiger partial charge in [-0.3, -0.25) is 4.79 Å². The van der Waals surface area contributed by atoms with Gasteiger partial charge in [-0.25, -0.2) is 0 Å². The van der Waals surface area contributed by atoms with Crippen LogP contribution in [0.2, 0.25) is 0 Å². The topological polar surface area (TPSA) is 89.8 Å².